The zero-order valence-electron chi connectivity index (χ0n) is 28.0. The second-order valence-electron chi connectivity index (χ2n) is 12.4. The molecule has 5 aromatic carbocycles. The number of hydrogen-bond acceptors (Lipinski definition) is 6. The van der Waals surface area contributed by atoms with Crippen LogP contribution in [0.1, 0.15) is 62.3 Å². The van der Waals surface area contributed by atoms with Gasteiger partial charge in [0.25, 0.3) is 5.91 Å². The Kier molecular flexibility index (Phi) is 11.6. The molecule has 0 radical (unpaired) electrons. The molecule has 1 saturated heterocycles. The Labute approximate surface area is 305 Å². The predicted molar refractivity (Wildman–Crippen MR) is 186 cm³/mol. The molecular weight excluding hydrogens is 717 g/mol. The molecule has 6 rings (SSSR count). The molecule has 1 heterocycles. The summed E-state index contributed by atoms with van der Waals surface area (Å²) in [6.45, 7) is 1.67. The molecule has 0 bridgehead atoms. The molecule has 3 N–H and O–H groups in total. The Bertz CT molecular complexity index is 2100. The van der Waals surface area contributed by atoms with Gasteiger partial charge in [0.05, 0.1) is 24.4 Å². The highest BCUT2D eigenvalue weighted by Gasteiger charge is 2.38. The van der Waals surface area contributed by atoms with Crippen LogP contribution in [0.2, 0.25) is 0 Å². The Hall–Kier alpha value is -5.08. The summed E-state index contributed by atoms with van der Waals surface area (Å²) in [7, 11) is 0. The van der Waals surface area contributed by atoms with Crippen LogP contribution in [0.4, 0.5) is 22.0 Å². The van der Waals surface area contributed by atoms with Gasteiger partial charge in [-0.3, -0.25) is 4.79 Å². The maximum absolute atomic E-state index is 14.2. The highest BCUT2D eigenvalue weighted by Crippen LogP contribution is 2.43. The highest BCUT2D eigenvalue weighted by molar-refractivity contribution is 7.99. The highest BCUT2D eigenvalue weighted by atomic mass is 32.2. The second-order valence-corrected chi connectivity index (χ2v) is 13.5. The van der Waals surface area contributed by atoms with E-state index < -0.39 is 52.8 Å². The first-order valence-electron chi connectivity index (χ1n) is 16.4. The summed E-state index contributed by atoms with van der Waals surface area (Å²) in [4.78, 5) is 24.7. The maximum atomic E-state index is 14.2. The van der Waals surface area contributed by atoms with E-state index in [1.54, 1.807) is 48.5 Å². The van der Waals surface area contributed by atoms with Gasteiger partial charge in [-0.1, -0.05) is 67.6 Å². The number of aromatic carboxylic acids is 1. The number of carboxylic acids is 1. The van der Waals surface area contributed by atoms with E-state index in [1.165, 1.54) is 11.8 Å². The van der Waals surface area contributed by atoms with Crippen LogP contribution in [0, 0.1) is 35.0 Å². The predicted octanol–water partition coefficient (Wildman–Crippen LogP) is 8.75. The van der Waals surface area contributed by atoms with Crippen LogP contribution in [0.5, 0.6) is 0 Å². The molecule has 0 spiro atoms. The van der Waals surface area contributed by atoms with Gasteiger partial charge in [-0.2, -0.15) is 0 Å². The Morgan fingerprint density at radius 2 is 1.36 bits per heavy atom. The van der Waals surface area contributed by atoms with E-state index in [2.05, 4.69) is 5.32 Å². The smallest absolute Gasteiger partial charge is 0.335 e. The van der Waals surface area contributed by atoms with Crippen LogP contribution in [0.3, 0.4) is 0 Å². The molecule has 13 heteroatoms. The third-order valence-corrected chi connectivity index (χ3v) is 10.0. The van der Waals surface area contributed by atoms with E-state index in [9.17, 15) is 41.8 Å². The first kappa shape index (κ1) is 37.7. The third kappa shape index (κ3) is 8.28. The number of benzene rings is 5. The number of aliphatic hydroxyl groups excluding tert-OH is 1. The zero-order valence-corrected chi connectivity index (χ0v) is 28.8. The SMILES string of the molecule is C[C@@H]1[C@H](CSc2ccc(C(=O)O)cc2)O[C@H](c2cccc(-c3cccc(CNC(=O)c4c(F)c(F)c(F)c(F)c4F)c3)c2)O[C@@H]1c1ccc(CO)cc1. The molecule has 1 amide bonds. The minimum atomic E-state index is -2.35. The fourth-order valence-corrected chi connectivity index (χ4v) is 7.05. The van der Waals surface area contributed by atoms with Gasteiger partial charge >= 0.3 is 5.97 Å². The molecule has 7 nitrogen and oxygen atoms in total. The molecule has 1 aliphatic rings. The first-order chi connectivity index (χ1) is 25.4. The van der Waals surface area contributed by atoms with Crippen molar-refractivity contribution in [2.24, 2.45) is 5.92 Å². The molecule has 274 valence electrons. The van der Waals surface area contributed by atoms with Crippen molar-refractivity contribution in [2.45, 2.75) is 43.5 Å². The lowest BCUT2D eigenvalue weighted by molar-refractivity contribution is -0.268. The minimum absolute atomic E-state index is 0.0985. The Morgan fingerprint density at radius 3 is 2.00 bits per heavy atom. The summed E-state index contributed by atoms with van der Waals surface area (Å²) >= 11 is 1.53. The van der Waals surface area contributed by atoms with Gasteiger partial charge in [-0.15, -0.1) is 11.8 Å². The fourth-order valence-electron chi connectivity index (χ4n) is 5.98. The molecule has 0 aromatic heterocycles. The molecule has 53 heavy (non-hydrogen) atoms. The van der Waals surface area contributed by atoms with E-state index in [4.69, 9.17) is 9.47 Å². The number of carbonyl (C=O) groups excluding carboxylic acids is 1. The molecular formula is C40H32F5NO6S. The lowest BCUT2D eigenvalue weighted by Gasteiger charge is -2.41. The summed E-state index contributed by atoms with van der Waals surface area (Å²) in [5, 5.41) is 21.0. The number of carbonyl (C=O) groups is 2. The lowest BCUT2D eigenvalue weighted by Crippen LogP contribution is -2.38. The zero-order chi connectivity index (χ0) is 37.8. The van der Waals surface area contributed by atoms with Crippen LogP contribution >= 0.6 is 11.8 Å². The number of amides is 1. The van der Waals surface area contributed by atoms with E-state index in [0.29, 0.717) is 22.4 Å². The van der Waals surface area contributed by atoms with E-state index in [1.807, 2.05) is 55.5 Å². The van der Waals surface area contributed by atoms with E-state index in [-0.39, 0.29) is 36.8 Å². The third-order valence-electron chi connectivity index (χ3n) is 8.95. The number of rotatable bonds is 11. The number of carboxylic acid groups (broad SMARTS) is 1. The summed E-state index contributed by atoms with van der Waals surface area (Å²) in [6, 6.07) is 28.4. The summed E-state index contributed by atoms with van der Waals surface area (Å²) in [5.74, 6) is -13.2. The number of hydrogen-bond donors (Lipinski definition) is 3. The lowest BCUT2D eigenvalue weighted by atomic mass is 9.91. The molecule has 1 fully saturated rings. The monoisotopic (exact) mass is 749 g/mol. The Morgan fingerprint density at radius 1 is 0.736 bits per heavy atom. The summed E-state index contributed by atoms with van der Waals surface area (Å²) < 4.78 is 82.3. The molecule has 0 unspecified atom stereocenters. The first-order valence-corrected chi connectivity index (χ1v) is 17.4. The summed E-state index contributed by atoms with van der Waals surface area (Å²) in [6.07, 6.45) is -1.47. The van der Waals surface area contributed by atoms with Crippen LogP contribution in [0.25, 0.3) is 11.1 Å². The van der Waals surface area contributed by atoms with Crippen molar-refractivity contribution in [1.29, 1.82) is 0 Å². The van der Waals surface area contributed by atoms with Crippen LogP contribution < -0.4 is 5.32 Å². The van der Waals surface area contributed by atoms with Gasteiger partial charge in [0.1, 0.15) is 5.56 Å². The Balaban J connectivity index is 1.22. The quantitative estimate of drug-likeness (QED) is 0.0537. The van der Waals surface area contributed by atoms with E-state index in [0.717, 1.165) is 21.6 Å². The second kappa shape index (κ2) is 16.3. The van der Waals surface area contributed by atoms with Gasteiger partial charge in [-0.25, -0.2) is 26.7 Å². The van der Waals surface area contributed by atoms with Crippen molar-refractivity contribution < 1.29 is 51.2 Å². The van der Waals surface area contributed by atoms with Crippen molar-refractivity contribution >= 4 is 23.6 Å². The van der Waals surface area contributed by atoms with Crippen molar-refractivity contribution in [3.63, 3.8) is 0 Å². The molecule has 1 aliphatic heterocycles. The van der Waals surface area contributed by atoms with E-state index >= 15 is 0 Å². The van der Waals surface area contributed by atoms with Crippen molar-refractivity contribution in [3.8, 4) is 11.1 Å². The largest absolute Gasteiger partial charge is 0.478 e. The number of ether oxygens (including phenoxy) is 2. The van der Waals surface area contributed by atoms with Crippen molar-refractivity contribution in [2.75, 3.05) is 5.75 Å². The minimum Gasteiger partial charge on any atom is -0.478 e. The number of thioether (sulfide) groups is 1. The number of aliphatic hydroxyl groups is 1. The van der Waals surface area contributed by atoms with Gasteiger partial charge in [-0.05, 0) is 64.2 Å². The van der Waals surface area contributed by atoms with Gasteiger partial charge in [0.2, 0.25) is 5.82 Å². The normalized spacial score (nSPS) is 18.5. The summed E-state index contributed by atoms with van der Waals surface area (Å²) in [5.41, 5.74) is 2.93. The number of halogens is 5. The molecule has 0 aliphatic carbocycles. The average molecular weight is 750 g/mol. The van der Waals surface area contributed by atoms with Gasteiger partial charge in [0, 0.05) is 28.7 Å². The number of nitrogens with one attached hydrogen (secondary N) is 1. The molecule has 4 atom stereocenters. The van der Waals surface area contributed by atoms with Gasteiger partial charge in [0.15, 0.2) is 29.6 Å². The van der Waals surface area contributed by atoms with Crippen molar-refractivity contribution in [1.82, 2.24) is 5.32 Å². The van der Waals surface area contributed by atoms with Gasteiger partial charge < -0.3 is 25.0 Å². The molecule has 0 saturated carbocycles. The van der Waals surface area contributed by atoms with Crippen molar-refractivity contribution in [3.05, 3.63) is 160 Å². The topological polar surface area (TPSA) is 105 Å². The average Bonchev–Trinajstić information content (AvgIpc) is 3.18. The van der Waals surface area contributed by atoms with Crippen LogP contribution in [-0.2, 0) is 22.6 Å². The van der Waals surface area contributed by atoms with Crippen LogP contribution in [-0.4, -0.2) is 33.9 Å². The molecule has 5 aromatic rings. The fraction of sp³-hybridized carbons (Fsp3) is 0.200. The maximum Gasteiger partial charge on any atom is 0.335 e. The standard InChI is InChI=1S/C40H32F5NO6S/c1-21-30(20-53-29-14-12-25(13-15-29)39(49)50)51-40(52-37(21)24-10-8-22(19-47)9-11-24)28-7-3-6-27(17-28)26-5-2-4-23(16-26)18-46-38(48)31-32(41)34(43)36(45)35(44)33(31)42/h2-17,21,30,37,40,47H,18-20H2,1H3,(H,46,48)(H,49,50)/t21-,30+,37+,40+/m1/s1. The van der Waals surface area contributed by atoms with Crippen LogP contribution in [0.15, 0.2) is 102 Å².